The fraction of sp³-hybridized carbons (Fsp3) is 0.778. The van der Waals surface area contributed by atoms with Gasteiger partial charge in [0.1, 0.15) is 0 Å². The second-order valence-corrected chi connectivity index (χ2v) is 9.29. The highest BCUT2D eigenvalue weighted by Gasteiger charge is 2.16. The Morgan fingerprint density at radius 1 is 1.05 bits per heavy atom. The average molecular weight is 296 g/mol. The Labute approximate surface area is 130 Å². The van der Waals surface area contributed by atoms with Crippen LogP contribution in [-0.4, -0.2) is 12.1 Å². The van der Waals surface area contributed by atoms with Crippen LogP contribution >= 0.6 is 11.3 Å². The maximum absolute atomic E-state index is 3.58. The van der Waals surface area contributed by atoms with Gasteiger partial charge in [0.2, 0.25) is 0 Å². The first kappa shape index (κ1) is 17.7. The first-order valence-corrected chi connectivity index (χ1v) is 8.74. The monoisotopic (exact) mass is 295 g/mol. The van der Waals surface area contributed by atoms with Crippen molar-refractivity contribution in [2.24, 2.45) is 5.92 Å². The molecule has 0 aliphatic rings. The number of rotatable bonds is 6. The van der Waals surface area contributed by atoms with Crippen LogP contribution in [0.5, 0.6) is 0 Å². The van der Waals surface area contributed by atoms with Crippen LogP contribution in [0, 0.1) is 5.92 Å². The molecular formula is C18H33NS. The highest BCUT2D eigenvalue weighted by Crippen LogP contribution is 2.30. The first-order valence-electron chi connectivity index (χ1n) is 7.92. The minimum Gasteiger partial charge on any atom is -0.312 e. The number of thiophene rings is 1. The van der Waals surface area contributed by atoms with E-state index in [1.165, 1.54) is 24.1 Å². The zero-order valence-electron chi connectivity index (χ0n) is 14.5. The zero-order chi connectivity index (χ0) is 15.4. The molecule has 0 saturated carbocycles. The SMILES string of the molecule is CC(CCNC(C)(C)C)CCc1ccc(C(C)(C)C)s1. The summed E-state index contributed by atoms with van der Waals surface area (Å²) in [7, 11) is 0. The van der Waals surface area contributed by atoms with Crippen LogP contribution in [0.25, 0.3) is 0 Å². The van der Waals surface area contributed by atoms with Crippen LogP contribution in [-0.2, 0) is 11.8 Å². The van der Waals surface area contributed by atoms with Crippen molar-refractivity contribution >= 4 is 11.3 Å². The van der Waals surface area contributed by atoms with Crippen molar-refractivity contribution in [2.75, 3.05) is 6.54 Å². The van der Waals surface area contributed by atoms with E-state index in [9.17, 15) is 0 Å². The van der Waals surface area contributed by atoms with E-state index in [1.54, 1.807) is 4.88 Å². The Bertz CT molecular complexity index is 392. The summed E-state index contributed by atoms with van der Waals surface area (Å²) in [6, 6.07) is 4.64. The summed E-state index contributed by atoms with van der Waals surface area (Å²) >= 11 is 1.99. The molecule has 1 aromatic heterocycles. The van der Waals surface area contributed by atoms with E-state index < -0.39 is 0 Å². The number of hydrogen-bond donors (Lipinski definition) is 1. The number of hydrogen-bond acceptors (Lipinski definition) is 2. The second kappa shape index (κ2) is 7.09. The Morgan fingerprint density at radius 2 is 1.70 bits per heavy atom. The number of aryl methyl sites for hydroxylation is 1. The molecule has 0 aliphatic heterocycles. The van der Waals surface area contributed by atoms with E-state index in [2.05, 4.69) is 65.9 Å². The van der Waals surface area contributed by atoms with Crippen LogP contribution in [0.1, 0.15) is 71.1 Å². The van der Waals surface area contributed by atoms with Gasteiger partial charge in [0.25, 0.3) is 0 Å². The summed E-state index contributed by atoms with van der Waals surface area (Å²) in [5.74, 6) is 0.796. The molecule has 0 amide bonds. The second-order valence-electron chi connectivity index (χ2n) is 8.13. The van der Waals surface area contributed by atoms with E-state index in [0.29, 0.717) is 5.41 Å². The summed E-state index contributed by atoms with van der Waals surface area (Å²) in [6.45, 7) is 17.1. The van der Waals surface area contributed by atoms with Gasteiger partial charge in [-0.05, 0) is 70.0 Å². The summed E-state index contributed by atoms with van der Waals surface area (Å²) in [5.41, 5.74) is 0.542. The van der Waals surface area contributed by atoms with Crippen molar-refractivity contribution in [2.45, 2.75) is 78.7 Å². The Kier molecular flexibility index (Phi) is 6.27. The predicted octanol–water partition coefficient (Wildman–Crippen LogP) is 5.39. The van der Waals surface area contributed by atoms with E-state index in [4.69, 9.17) is 0 Å². The van der Waals surface area contributed by atoms with Gasteiger partial charge in [0.05, 0.1) is 0 Å². The van der Waals surface area contributed by atoms with E-state index >= 15 is 0 Å². The van der Waals surface area contributed by atoms with Crippen LogP contribution in [0.4, 0.5) is 0 Å². The molecule has 1 nitrogen and oxygen atoms in total. The van der Waals surface area contributed by atoms with Crippen molar-refractivity contribution < 1.29 is 0 Å². The largest absolute Gasteiger partial charge is 0.312 e. The lowest BCUT2D eigenvalue weighted by Gasteiger charge is -2.21. The van der Waals surface area contributed by atoms with Gasteiger partial charge in [-0.3, -0.25) is 0 Å². The molecule has 1 N–H and O–H groups in total. The maximum Gasteiger partial charge on any atom is 0.0102 e. The molecule has 1 heterocycles. The molecule has 2 heteroatoms. The minimum absolute atomic E-state index is 0.245. The molecule has 20 heavy (non-hydrogen) atoms. The lowest BCUT2D eigenvalue weighted by atomic mass is 9.95. The van der Waals surface area contributed by atoms with Gasteiger partial charge >= 0.3 is 0 Å². The zero-order valence-corrected chi connectivity index (χ0v) is 15.3. The van der Waals surface area contributed by atoms with Crippen LogP contribution < -0.4 is 5.32 Å². The molecule has 0 aliphatic carbocycles. The first-order chi connectivity index (χ1) is 9.08. The third kappa shape index (κ3) is 6.90. The highest BCUT2D eigenvalue weighted by molar-refractivity contribution is 7.12. The van der Waals surface area contributed by atoms with Gasteiger partial charge in [-0.15, -0.1) is 11.3 Å². The van der Waals surface area contributed by atoms with Crippen molar-refractivity contribution in [3.8, 4) is 0 Å². The topological polar surface area (TPSA) is 12.0 Å². The van der Waals surface area contributed by atoms with Crippen LogP contribution in [0.15, 0.2) is 12.1 Å². The predicted molar refractivity (Wildman–Crippen MR) is 92.9 cm³/mol. The van der Waals surface area contributed by atoms with Crippen LogP contribution in [0.3, 0.4) is 0 Å². The van der Waals surface area contributed by atoms with E-state index in [0.717, 1.165) is 12.5 Å². The molecule has 1 aromatic rings. The molecule has 1 unspecified atom stereocenters. The molecule has 1 atom stereocenters. The Morgan fingerprint density at radius 3 is 2.20 bits per heavy atom. The summed E-state index contributed by atoms with van der Waals surface area (Å²) < 4.78 is 0. The van der Waals surface area contributed by atoms with Crippen LogP contribution in [0.2, 0.25) is 0 Å². The third-order valence-electron chi connectivity index (χ3n) is 3.58. The molecule has 0 radical (unpaired) electrons. The average Bonchev–Trinajstić information content (AvgIpc) is 2.72. The van der Waals surface area contributed by atoms with Gasteiger partial charge < -0.3 is 5.32 Å². The van der Waals surface area contributed by atoms with Gasteiger partial charge in [-0.25, -0.2) is 0 Å². The Balaban J connectivity index is 2.31. The maximum atomic E-state index is 3.58. The van der Waals surface area contributed by atoms with Crippen molar-refractivity contribution in [1.82, 2.24) is 5.32 Å². The van der Waals surface area contributed by atoms with E-state index in [1.807, 2.05) is 11.3 Å². The summed E-state index contributed by atoms with van der Waals surface area (Å²) in [5, 5.41) is 3.58. The molecule has 0 bridgehead atoms. The van der Waals surface area contributed by atoms with E-state index in [-0.39, 0.29) is 5.54 Å². The van der Waals surface area contributed by atoms with Crippen molar-refractivity contribution in [3.63, 3.8) is 0 Å². The highest BCUT2D eigenvalue weighted by atomic mass is 32.1. The van der Waals surface area contributed by atoms with Gasteiger partial charge in [0, 0.05) is 15.3 Å². The fourth-order valence-corrected chi connectivity index (χ4v) is 3.22. The minimum atomic E-state index is 0.245. The molecule has 116 valence electrons. The van der Waals surface area contributed by atoms with Crippen molar-refractivity contribution in [1.29, 1.82) is 0 Å². The standard InChI is InChI=1S/C18H33NS/c1-14(12-13-19-18(5,6)7)8-9-15-10-11-16(20-15)17(2,3)4/h10-11,14,19H,8-9,12-13H2,1-7H3. The van der Waals surface area contributed by atoms with Gasteiger partial charge in [-0.2, -0.15) is 0 Å². The lowest BCUT2D eigenvalue weighted by molar-refractivity contribution is 0.387. The molecule has 0 aromatic carbocycles. The summed E-state index contributed by atoms with van der Waals surface area (Å²) in [6.07, 6.45) is 3.81. The molecule has 0 fully saturated rings. The van der Waals surface area contributed by atoms with Gasteiger partial charge in [0.15, 0.2) is 0 Å². The molecule has 0 spiro atoms. The lowest BCUT2D eigenvalue weighted by Crippen LogP contribution is -2.36. The molecular weight excluding hydrogens is 262 g/mol. The summed E-state index contributed by atoms with van der Waals surface area (Å²) in [4.78, 5) is 3.06. The molecule has 0 saturated heterocycles. The molecule has 1 rings (SSSR count). The normalized spacial score (nSPS) is 14.6. The van der Waals surface area contributed by atoms with Crippen molar-refractivity contribution in [3.05, 3.63) is 21.9 Å². The quantitative estimate of drug-likeness (QED) is 0.741. The number of nitrogens with one attached hydrogen (secondary N) is 1. The Hall–Kier alpha value is -0.340. The van der Waals surface area contributed by atoms with Gasteiger partial charge in [-0.1, -0.05) is 27.7 Å². The third-order valence-corrected chi connectivity index (χ3v) is 5.15. The fourth-order valence-electron chi connectivity index (χ4n) is 2.14. The smallest absolute Gasteiger partial charge is 0.0102 e.